The molecule has 0 radical (unpaired) electrons. The van der Waals surface area contributed by atoms with Crippen molar-refractivity contribution in [3.05, 3.63) is 65.2 Å². The monoisotopic (exact) mass is 294 g/mol. The Labute approximate surface area is 136 Å². The SMILES string of the molecule is C=C(CC)c1cc(C)cc2c1Cc1ccccc1-2.CC.CC. The summed E-state index contributed by atoms with van der Waals surface area (Å²) >= 11 is 0. The lowest BCUT2D eigenvalue weighted by Crippen LogP contribution is -1.92. The molecule has 22 heavy (non-hydrogen) atoms. The first-order valence-corrected chi connectivity index (χ1v) is 8.60. The quantitative estimate of drug-likeness (QED) is 0.475. The molecule has 2 aromatic rings. The van der Waals surface area contributed by atoms with Gasteiger partial charge in [-0.2, -0.15) is 0 Å². The minimum atomic E-state index is 1.02. The predicted molar refractivity (Wildman–Crippen MR) is 101 cm³/mol. The van der Waals surface area contributed by atoms with E-state index >= 15 is 0 Å². The van der Waals surface area contributed by atoms with Gasteiger partial charge in [-0.25, -0.2) is 0 Å². The first-order valence-electron chi connectivity index (χ1n) is 8.60. The lowest BCUT2D eigenvalue weighted by atomic mass is 9.93. The summed E-state index contributed by atoms with van der Waals surface area (Å²) in [5.41, 5.74) is 9.68. The molecule has 0 amide bonds. The summed E-state index contributed by atoms with van der Waals surface area (Å²) in [4.78, 5) is 0. The summed E-state index contributed by atoms with van der Waals surface area (Å²) in [6, 6.07) is 13.3. The van der Waals surface area contributed by atoms with Crippen molar-refractivity contribution in [2.45, 2.75) is 54.4 Å². The highest BCUT2D eigenvalue weighted by atomic mass is 14.2. The number of hydrogen-bond acceptors (Lipinski definition) is 0. The fourth-order valence-electron chi connectivity index (χ4n) is 2.88. The Balaban J connectivity index is 0.000000561. The van der Waals surface area contributed by atoms with Gasteiger partial charge in [0.05, 0.1) is 0 Å². The molecule has 118 valence electrons. The van der Waals surface area contributed by atoms with E-state index in [9.17, 15) is 0 Å². The van der Waals surface area contributed by atoms with Crippen LogP contribution in [-0.2, 0) is 6.42 Å². The first kappa shape index (κ1) is 18.2. The topological polar surface area (TPSA) is 0 Å². The van der Waals surface area contributed by atoms with E-state index in [1.165, 1.54) is 39.0 Å². The van der Waals surface area contributed by atoms with E-state index in [4.69, 9.17) is 0 Å². The van der Waals surface area contributed by atoms with Crippen molar-refractivity contribution in [3.63, 3.8) is 0 Å². The van der Waals surface area contributed by atoms with Crippen molar-refractivity contribution in [2.75, 3.05) is 0 Å². The highest BCUT2D eigenvalue weighted by Gasteiger charge is 2.21. The number of benzene rings is 2. The number of fused-ring (bicyclic) bond motifs is 3. The number of hydrogen-bond donors (Lipinski definition) is 0. The third-order valence-electron chi connectivity index (χ3n) is 3.88. The Morgan fingerprint density at radius 1 is 1.00 bits per heavy atom. The van der Waals surface area contributed by atoms with Crippen LogP contribution in [0.4, 0.5) is 0 Å². The van der Waals surface area contributed by atoms with E-state index in [0.29, 0.717) is 0 Å². The van der Waals surface area contributed by atoms with Crippen LogP contribution in [0.15, 0.2) is 43.0 Å². The van der Waals surface area contributed by atoms with E-state index in [1.807, 2.05) is 27.7 Å². The van der Waals surface area contributed by atoms with Gasteiger partial charge in [0.2, 0.25) is 0 Å². The predicted octanol–water partition coefficient (Wildman–Crippen LogP) is 7.04. The van der Waals surface area contributed by atoms with Gasteiger partial charge in [0.15, 0.2) is 0 Å². The van der Waals surface area contributed by atoms with Crippen LogP contribution in [0.5, 0.6) is 0 Å². The van der Waals surface area contributed by atoms with Gasteiger partial charge in [-0.05, 0) is 58.7 Å². The summed E-state index contributed by atoms with van der Waals surface area (Å²) in [6.45, 7) is 16.6. The maximum absolute atomic E-state index is 4.22. The third kappa shape index (κ3) is 3.50. The van der Waals surface area contributed by atoms with E-state index in [2.05, 4.69) is 56.8 Å². The van der Waals surface area contributed by atoms with Crippen molar-refractivity contribution >= 4 is 5.57 Å². The summed E-state index contributed by atoms with van der Waals surface area (Å²) in [7, 11) is 0. The van der Waals surface area contributed by atoms with E-state index in [-0.39, 0.29) is 0 Å². The van der Waals surface area contributed by atoms with Gasteiger partial charge < -0.3 is 0 Å². The van der Waals surface area contributed by atoms with Crippen LogP contribution in [0.2, 0.25) is 0 Å². The fourth-order valence-corrected chi connectivity index (χ4v) is 2.88. The van der Waals surface area contributed by atoms with Crippen molar-refractivity contribution in [1.29, 1.82) is 0 Å². The van der Waals surface area contributed by atoms with Gasteiger partial charge >= 0.3 is 0 Å². The Morgan fingerprint density at radius 2 is 1.64 bits per heavy atom. The number of rotatable bonds is 2. The number of aryl methyl sites for hydroxylation is 1. The Kier molecular flexibility index (Phi) is 7.11. The van der Waals surface area contributed by atoms with Crippen LogP contribution < -0.4 is 0 Å². The molecule has 0 saturated carbocycles. The average molecular weight is 294 g/mol. The van der Waals surface area contributed by atoms with Crippen LogP contribution in [-0.4, -0.2) is 0 Å². The molecule has 0 heteroatoms. The van der Waals surface area contributed by atoms with Gasteiger partial charge in [0, 0.05) is 0 Å². The molecule has 0 heterocycles. The highest BCUT2D eigenvalue weighted by molar-refractivity contribution is 5.83. The fraction of sp³-hybridized carbons (Fsp3) is 0.364. The molecule has 1 aliphatic carbocycles. The minimum Gasteiger partial charge on any atom is -0.0952 e. The third-order valence-corrected chi connectivity index (χ3v) is 3.88. The molecule has 1 aliphatic rings. The van der Waals surface area contributed by atoms with E-state index in [1.54, 1.807) is 0 Å². The van der Waals surface area contributed by atoms with Gasteiger partial charge in [-0.3, -0.25) is 0 Å². The lowest BCUT2D eigenvalue weighted by Gasteiger charge is -2.11. The zero-order chi connectivity index (χ0) is 16.7. The van der Waals surface area contributed by atoms with Crippen molar-refractivity contribution < 1.29 is 0 Å². The molecule has 0 N–H and O–H groups in total. The summed E-state index contributed by atoms with van der Waals surface area (Å²) < 4.78 is 0. The van der Waals surface area contributed by atoms with Crippen LogP contribution in [0, 0.1) is 6.92 Å². The molecule has 0 unspecified atom stereocenters. The Hall–Kier alpha value is -1.82. The van der Waals surface area contributed by atoms with Gasteiger partial charge in [-0.1, -0.05) is 77.6 Å². The zero-order valence-corrected chi connectivity index (χ0v) is 15.1. The number of allylic oxidation sites excluding steroid dienone is 1. The average Bonchev–Trinajstić information content (AvgIpc) is 2.95. The minimum absolute atomic E-state index is 1.02. The first-order chi connectivity index (χ1) is 10.7. The largest absolute Gasteiger partial charge is 0.0952 e. The summed E-state index contributed by atoms with van der Waals surface area (Å²) in [5.74, 6) is 0. The molecule has 0 atom stereocenters. The second-order valence-electron chi connectivity index (χ2n) is 5.13. The summed E-state index contributed by atoms with van der Waals surface area (Å²) in [6.07, 6.45) is 2.08. The molecule has 0 bridgehead atoms. The molecule has 2 aromatic carbocycles. The molecule has 0 nitrogen and oxygen atoms in total. The molecule has 3 rings (SSSR count). The molecule has 0 spiro atoms. The Bertz CT molecular complexity index is 632. The summed E-state index contributed by atoms with van der Waals surface area (Å²) in [5, 5.41) is 0. The normalized spacial score (nSPS) is 10.5. The van der Waals surface area contributed by atoms with Crippen LogP contribution in [0.25, 0.3) is 16.7 Å². The second kappa shape index (κ2) is 8.58. The smallest absolute Gasteiger partial charge is 0.000740 e. The second-order valence-corrected chi connectivity index (χ2v) is 5.13. The van der Waals surface area contributed by atoms with Crippen LogP contribution in [0.1, 0.15) is 63.3 Å². The molecule has 0 aliphatic heterocycles. The maximum atomic E-state index is 4.22. The van der Waals surface area contributed by atoms with Gasteiger partial charge in [-0.15, -0.1) is 0 Å². The van der Waals surface area contributed by atoms with Crippen molar-refractivity contribution in [3.8, 4) is 11.1 Å². The van der Waals surface area contributed by atoms with Crippen LogP contribution >= 0.6 is 0 Å². The van der Waals surface area contributed by atoms with Crippen molar-refractivity contribution in [2.24, 2.45) is 0 Å². The van der Waals surface area contributed by atoms with E-state index < -0.39 is 0 Å². The van der Waals surface area contributed by atoms with Gasteiger partial charge in [0.1, 0.15) is 0 Å². The zero-order valence-electron chi connectivity index (χ0n) is 15.1. The molecule has 0 fully saturated rings. The van der Waals surface area contributed by atoms with Crippen LogP contribution in [0.3, 0.4) is 0 Å². The molecular weight excluding hydrogens is 264 g/mol. The highest BCUT2D eigenvalue weighted by Crippen LogP contribution is 2.40. The Morgan fingerprint density at radius 3 is 2.27 bits per heavy atom. The van der Waals surface area contributed by atoms with Crippen molar-refractivity contribution in [1.82, 2.24) is 0 Å². The molecule has 0 aromatic heterocycles. The standard InChI is InChI=1S/C18H18.2C2H6/c1-4-13(3)16-9-12(2)10-17-15-8-6-5-7-14(15)11-18(16)17;2*1-2/h5-10H,3-4,11H2,1-2H3;2*1-2H3. The molecule has 0 saturated heterocycles. The maximum Gasteiger partial charge on any atom is -0.000740 e. The lowest BCUT2D eigenvalue weighted by molar-refractivity contribution is 1.19. The molecular formula is C22H30. The van der Waals surface area contributed by atoms with Gasteiger partial charge in [0.25, 0.3) is 0 Å². The van der Waals surface area contributed by atoms with E-state index in [0.717, 1.165) is 12.8 Å².